The fourth-order valence-electron chi connectivity index (χ4n) is 5.56. The van der Waals surface area contributed by atoms with Crippen LogP contribution in [0.25, 0.3) is 0 Å². The SMILES string of the molecule is Cc1ccc(C(C)(C)c2ccc(N3C(=O)c4ccc(C(F)(F)c5ccc6c(c5)C(=O)N(C)C6=O)cc4C3=O)cc2)cc1.FCF.FCF. The minimum absolute atomic E-state index is 0.0277. The molecule has 0 saturated carbocycles. The fourth-order valence-corrected chi connectivity index (χ4v) is 5.56. The monoisotopic (exact) mass is 668 g/mol. The van der Waals surface area contributed by atoms with Gasteiger partial charge in [0.1, 0.15) is 0 Å². The second kappa shape index (κ2) is 13.8. The second-order valence-electron chi connectivity index (χ2n) is 11.5. The number of carbonyl (C=O) groups excluding carboxylic acids is 4. The van der Waals surface area contributed by atoms with Crippen molar-refractivity contribution in [2.24, 2.45) is 0 Å². The maximum Gasteiger partial charge on any atom is 0.298 e. The van der Waals surface area contributed by atoms with E-state index >= 15 is 8.78 Å². The Morgan fingerprint density at radius 1 is 0.542 bits per heavy atom. The minimum atomic E-state index is -3.60. The molecule has 48 heavy (non-hydrogen) atoms. The van der Waals surface area contributed by atoms with Gasteiger partial charge in [-0.3, -0.25) is 24.1 Å². The molecule has 0 N–H and O–H groups in total. The first-order chi connectivity index (χ1) is 22.6. The molecule has 4 aromatic rings. The van der Waals surface area contributed by atoms with E-state index in [4.69, 9.17) is 0 Å². The van der Waals surface area contributed by atoms with Crippen LogP contribution in [0, 0.1) is 6.92 Å². The minimum Gasteiger partial charge on any atom is -0.277 e. The molecule has 0 aliphatic carbocycles. The molecule has 0 aromatic heterocycles. The summed E-state index contributed by atoms with van der Waals surface area (Å²) in [6.07, 6.45) is 0. The largest absolute Gasteiger partial charge is 0.298 e. The predicted octanol–water partition coefficient (Wildman–Crippen LogP) is 8.25. The summed E-state index contributed by atoms with van der Waals surface area (Å²) in [5.74, 6) is -6.12. The van der Waals surface area contributed by atoms with Crippen molar-refractivity contribution in [2.75, 3.05) is 25.8 Å². The third kappa shape index (κ3) is 6.34. The summed E-state index contributed by atoms with van der Waals surface area (Å²) in [5.41, 5.74) is 2.09. The van der Waals surface area contributed by atoms with Crippen molar-refractivity contribution in [3.63, 3.8) is 0 Å². The van der Waals surface area contributed by atoms with Crippen molar-refractivity contribution in [2.45, 2.75) is 32.1 Å². The van der Waals surface area contributed by atoms with Gasteiger partial charge >= 0.3 is 0 Å². The predicted molar refractivity (Wildman–Crippen MR) is 167 cm³/mol. The lowest BCUT2D eigenvalue weighted by Crippen LogP contribution is -2.29. The van der Waals surface area contributed by atoms with Crippen LogP contribution in [0.4, 0.5) is 32.0 Å². The van der Waals surface area contributed by atoms with Crippen LogP contribution in [0.5, 0.6) is 0 Å². The summed E-state index contributed by atoms with van der Waals surface area (Å²) in [4.78, 5) is 53.0. The number of imide groups is 2. The van der Waals surface area contributed by atoms with Crippen LogP contribution in [-0.2, 0) is 11.3 Å². The highest BCUT2D eigenvalue weighted by Gasteiger charge is 2.42. The molecule has 4 aromatic carbocycles. The molecule has 0 fully saturated rings. The molecular weight excluding hydrogens is 638 g/mol. The molecule has 4 amide bonds. The molecule has 6 nitrogen and oxygen atoms in total. The molecular formula is C36H30F6N2O4. The van der Waals surface area contributed by atoms with Gasteiger partial charge < -0.3 is 0 Å². The highest BCUT2D eigenvalue weighted by atomic mass is 19.3. The van der Waals surface area contributed by atoms with Gasteiger partial charge in [-0.2, -0.15) is 8.78 Å². The zero-order valence-corrected chi connectivity index (χ0v) is 26.3. The van der Waals surface area contributed by atoms with E-state index in [9.17, 15) is 36.7 Å². The number of aryl methyl sites for hydroxylation is 1. The van der Waals surface area contributed by atoms with Crippen molar-refractivity contribution < 1.29 is 45.5 Å². The number of carbonyl (C=O) groups is 4. The maximum atomic E-state index is 15.7. The topological polar surface area (TPSA) is 74.8 Å². The summed E-state index contributed by atoms with van der Waals surface area (Å²) in [5, 5.41) is 0. The van der Waals surface area contributed by atoms with Crippen molar-refractivity contribution in [3.05, 3.63) is 135 Å². The first kappa shape index (κ1) is 35.6. The van der Waals surface area contributed by atoms with Crippen LogP contribution >= 0.6 is 0 Å². The number of fused-ring (bicyclic) bond motifs is 2. The van der Waals surface area contributed by atoms with E-state index in [1.165, 1.54) is 19.2 Å². The quantitative estimate of drug-likeness (QED) is 0.159. The van der Waals surface area contributed by atoms with E-state index in [1.807, 2.05) is 31.2 Å². The third-order valence-electron chi connectivity index (χ3n) is 8.32. The van der Waals surface area contributed by atoms with Gasteiger partial charge in [0, 0.05) is 23.6 Å². The second-order valence-corrected chi connectivity index (χ2v) is 11.5. The highest BCUT2D eigenvalue weighted by molar-refractivity contribution is 6.34. The Kier molecular flexibility index (Phi) is 10.3. The Morgan fingerprint density at radius 2 is 0.896 bits per heavy atom. The van der Waals surface area contributed by atoms with Crippen LogP contribution in [0.2, 0.25) is 0 Å². The Labute approximate surface area is 272 Å². The first-order valence-corrected chi connectivity index (χ1v) is 14.4. The summed E-state index contributed by atoms with van der Waals surface area (Å²) < 4.78 is 69.9. The molecule has 0 saturated heterocycles. The zero-order chi connectivity index (χ0) is 35.6. The number of anilines is 1. The molecule has 0 radical (unpaired) electrons. The summed E-state index contributed by atoms with van der Waals surface area (Å²) in [6, 6.07) is 22.0. The lowest BCUT2D eigenvalue weighted by atomic mass is 9.78. The molecule has 2 heterocycles. The number of hydrogen-bond acceptors (Lipinski definition) is 4. The van der Waals surface area contributed by atoms with Gasteiger partial charge in [0.15, 0.2) is 0 Å². The van der Waals surface area contributed by atoms with Crippen molar-refractivity contribution in [1.82, 2.24) is 4.90 Å². The smallest absolute Gasteiger partial charge is 0.277 e. The van der Waals surface area contributed by atoms with Crippen LogP contribution in [0.3, 0.4) is 0 Å². The number of halogens is 6. The molecule has 0 unspecified atom stereocenters. The zero-order valence-electron chi connectivity index (χ0n) is 26.3. The van der Waals surface area contributed by atoms with Gasteiger partial charge in [-0.1, -0.05) is 67.9 Å². The average Bonchev–Trinajstić information content (AvgIpc) is 3.44. The molecule has 0 atom stereocenters. The first-order valence-electron chi connectivity index (χ1n) is 14.4. The number of benzene rings is 4. The van der Waals surface area contributed by atoms with E-state index in [-0.39, 0.29) is 27.7 Å². The molecule has 0 spiro atoms. The maximum absolute atomic E-state index is 15.7. The lowest BCUT2D eigenvalue weighted by molar-refractivity contribution is 0.0427. The van der Waals surface area contributed by atoms with E-state index < -0.39 is 54.5 Å². The standard InChI is InChI=1S/C34H26F2N2O4.2CH2F2/c1-19-5-7-20(8-6-19)33(2,3)21-9-13-24(14-10-21)38-31(41)26-16-12-23(18-28(26)32(38)42)34(35,36)22-11-15-25-27(17-22)30(40)37(4)29(25)39;2*2-1-3/h5-18H,1-4H3;2*1H2. The number of alkyl halides is 6. The highest BCUT2D eigenvalue weighted by Crippen LogP contribution is 2.40. The van der Waals surface area contributed by atoms with Gasteiger partial charge in [0.05, 0.1) is 27.9 Å². The van der Waals surface area contributed by atoms with Crippen molar-refractivity contribution >= 4 is 29.3 Å². The van der Waals surface area contributed by atoms with Gasteiger partial charge in [0.2, 0.25) is 13.9 Å². The molecule has 0 bridgehead atoms. The van der Waals surface area contributed by atoms with Crippen LogP contribution in [0.15, 0.2) is 84.9 Å². The number of hydrogen-bond donors (Lipinski definition) is 0. The van der Waals surface area contributed by atoms with Gasteiger partial charge in [-0.15, -0.1) is 0 Å². The van der Waals surface area contributed by atoms with E-state index in [2.05, 4.69) is 26.0 Å². The lowest BCUT2D eigenvalue weighted by Gasteiger charge is -2.27. The Hall–Kier alpha value is -5.26. The normalized spacial score (nSPS) is 13.9. The molecule has 2 aliphatic rings. The summed E-state index contributed by atoms with van der Waals surface area (Å²) in [6.45, 7) is 2.70. The molecule has 12 heteroatoms. The van der Waals surface area contributed by atoms with Crippen LogP contribution in [-0.4, -0.2) is 49.4 Å². The van der Waals surface area contributed by atoms with Crippen molar-refractivity contribution in [1.29, 1.82) is 0 Å². The summed E-state index contributed by atoms with van der Waals surface area (Å²) >= 11 is 0. The Balaban J connectivity index is 0.000000808. The third-order valence-corrected chi connectivity index (χ3v) is 8.32. The van der Waals surface area contributed by atoms with Crippen molar-refractivity contribution in [3.8, 4) is 0 Å². The molecule has 250 valence electrons. The van der Waals surface area contributed by atoms with Gasteiger partial charge in [0.25, 0.3) is 29.6 Å². The average molecular weight is 669 g/mol. The molecule has 6 rings (SSSR count). The number of rotatable bonds is 5. The number of nitrogens with zero attached hydrogens (tertiary/aromatic N) is 2. The van der Waals surface area contributed by atoms with E-state index in [0.717, 1.165) is 50.8 Å². The fraction of sp³-hybridized carbons (Fsp3) is 0.222. The van der Waals surface area contributed by atoms with Gasteiger partial charge in [-0.05, 0) is 54.4 Å². The van der Waals surface area contributed by atoms with E-state index in [1.54, 1.807) is 12.1 Å². The van der Waals surface area contributed by atoms with Crippen LogP contribution < -0.4 is 4.90 Å². The van der Waals surface area contributed by atoms with E-state index in [0.29, 0.717) is 5.69 Å². The van der Waals surface area contributed by atoms with Crippen LogP contribution in [0.1, 0.15) is 83.1 Å². The van der Waals surface area contributed by atoms with Gasteiger partial charge in [-0.25, -0.2) is 22.5 Å². The Morgan fingerprint density at radius 3 is 1.38 bits per heavy atom. The molecule has 2 aliphatic heterocycles. The summed E-state index contributed by atoms with van der Waals surface area (Å²) in [7, 11) is 1.29. The number of amides is 4. The Bertz CT molecular complexity index is 1870.